The van der Waals surface area contributed by atoms with Crippen LogP contribution in [0.1, 0.15) is 18.5 Å². The van der Waals surface area contributed by atoms with E-state index in [1.807, 2.05) is 26.1 Å². The molecule has 1 unspecified atom stereocenters. The van der Waals surface area contributed by atoms with E-state index in [0.717, 1.165) is 5.69 Å². The molecule has 2 aromatic rings. The Morgan fingerprint density at radius 2 is 2.07 bits per heavy atom. The highest BCUT2D eigenvalue weighted by Crippen LogP contribution is 2.23. The van der Waals surface area contributed by atoms with Gasteiger partial charge in [-0.2, -0.15) is 5.26 Å². The number of benzene rings is 1. The van der Waals surface area contributed by atoms with Crippen LogP contribution in [0.3, 0.4) is 0 Å². The Bertz CT molecular complexity index is 503. The summed E-state index contributed by atoms with van der Waals surface area (Å²) in [5, 5.41) is 10.1. The van der Waals surface area contributed by atoms with Crippen LogP contribution in [0.2, 0.25) is 0 Å². The summed E-state index contributed by atoms with van der Waals surface area (Å²) in [6.45, 7) is 1.92. The first-order chi connectivity index (χ1) is 6.74. The van der Waals surface area contributed by atoms with E-state index in [0.29, 0.717) is 0 Å². The van der Waals surface area contributed by atoms with E-state index in [1.165, 1.54) is 10.9 Å². The third-order valence-electron chi connectivity index (χ3n) is 2.63. The SMILES string of the molecule is CC(C#N)c1cc2ccccc2n1C. The third-order valence-corrected chi connectivity index (χ3v) is 2.63. The lowest BCUT2D eigenvalue weighted by Gasteiger charge is -2.04. The van der Waals surface area contributed by atoms with E-state index in [9.17, 15) is 0 Å². The molecular weight excluding hydrogens is 172 g/mol. The van der Waals surface area contributed by atoms with Gasteiger partial charge >= 0.3 is 0 Å². The van der Waals surface area contributed by atoms with Gasteiger partial charge < -0.3 is 4.57 Å². The first kappa shape index (κ1) is 8.83. The predicted molar refractivity (Wildman–Crippen MR) is 56.9 cm³/mol. The number of aryl methyl sites for hydroxylation is 1. The summed E-state index contributed by atoms with van der Waals surface area (Å²) in [6.07, 6.45) is 0. The average molecular weight is 184 g/mol. The summed E-state index contributed by atoms with van der Waals surface area (Å²) in [7, 11) is 2.01. The summed E-state index contributed by atoms with van der Waals surface area (Å²) in [5.74, 6) is -0.0487. The molecule has 0 aliphatic heterocycles. The van der Waals surface area contributed by atoms with E-state index in [2.05, 4.69) is 28.8 Å². The highest BCUT2D eigenvalue weighted by molar-refractivity contribution is 5.81. The minimum Gasteiger partial charge on any atom is -0.346 e. The molecule has 0 spiro atoms. The predicted octanol–water partition coefficient (Wildman–Crippen LogP) is 2.81. The largest absolute Gasteiger partial charge is 0.346 e. The van der Waals surface area contributed by atoms with Crippen LogP contribution >= 0.6 is 0 Å². The number of nitriles is 1. The first-order valence-corrected chi connectivity index (χ1v) is 4.68. The zero-order valence-corrected chi connectivity index (χ0v) is 8.36. The van der Waals surface area contributed by atoms with E-state index < -0.39 is 0 Å². The van der Waals surface area contributed by atoms with E-state index in [4.69, 9.17) is 5.26 Å². The number of hydrogen-bond acceptors (Lipinski definition) is 1. The van der Waals surface area contributed by atoms with Crippen LogP contribution in [0.5, 0.6) is 0 Å². The van der Waals surface area contributed by atoms with Crippen LogP contribution in [-0.2, 0) is 7.05 Å². The van der Waals surface area contributed by atoms with Gasteiger partial charge in [0.25, 0.3) is 0 Å². The molecule has 0 fully saturated rings. The summed E-state index contributed by atoms with van der Waals surface area (Å²) in [4.78, 5) is 0. The molecule has 0 bridgehead atoms. The fraction of sp³-hybridized carbons (Fsp3) is 0.250. The second-order valence-corrected chi connectivity index (χ2v) is 3.54. The van der Waals surface area contributed by atoms with Gasteiger partial charge in [-0.25, -0.2) is 0 Å². The number of fused-ring (bicyclic) bond motifs is 1. The lowest BCUT2D eigenvalue weighted by Crippen LogP contribution is -1.98. The molecule has 0 radical (unpaired) electrons. The standard InChI is InChI=1S/C12H12N2/c1-9(8-13)12-7-10-5-3-4-6-11(10)14(12)2/h3-7,9H,1-2H3. The molecule has 2 rings (SSSR count). The van der Waals surface area contributed by atoms with E-state index in [-0.39, 0.29) is 5.92 Å². The van der Waals surface area contributed by atoms with Crippen LogP contribution in [0.25, 0.3) is 10.9 Å². The molecule has 0 amide bonds. The quantitative estimate of drug-likeness (QED) is 0.670. The van der Waals surface area contributed by atoms with Gasteiger partial charge in [0.05, 0.1) is 12.0 Å². The molecule has 1 atom stereocenters. The van der Waals surface area contributed by atoms with Crippen molar-refractivity contribution < 1.29 is 0 Å². The minimum atomic E-state index is -0.0487. The second-order valence-electron chi connectivity index (χ2n) is 3.54. The Morgan fingerprint density at radius 1 is 1.36 bits per heavy atom. The van der Waals surface area contributed by atoms with Crippen LogP contribution in [0, 0.1) is 11.3 Å². The topological polar surface area (TPSA) is 28.7 Å². The Kier molecular flexibility index (Phi) is 2.01. The number of rotatable bonds is 1. The third kappa shape index (κ3) is 1.18. The van der Waals surface area contributed by atoms with Crippen molar-refractivity contribution in [2.45, 2.75) is 12.8 Å². The highest BCUT2D eigenvalue weighted by Gasteiger charge is 2.10. The van der Waals surface area contributed by atoms with Crippen LogP contribution < -0.4 is 0 Å². The van der Waals surface area contributed by atoms with Gasteiger partial charge in [-0.05, 0) is 24.4 Å². The molecule has 0 aliphatic rings. The van der Waals surface area contributed by atoms with Gasteiger partial charge in [0, 0.05) is 18.3 Å². The fourth-order valence-corrected chi connectivity index (χ4v) is 1.79. The molecule has 2 heteroatoms. The molecule has 1 heterocycles. The van der Waals surface area contributed by atoms with Crippen LogP contribution in [0.4, 0.5) is 0 Å². The monoisotopic (exact) mass is 184 g/mol. The van der Waals surface area contributed by atoms with Crippen LogP contribution in [-0.4, -0.2) is 4.57 Å². The number of nitrogens with zero attached hydrogens (tertiary/aromatic N) is 2. The van der Waals surface area contributed by atoms with Gasteiger partial charge in [0.15, 0.2) is 0 Å². The average Bonchev–Trinajstić information content (AvgIpc) is 2.56. The Hall–Kier alpha value is -1.75. The Balaban J connectivity index is 2.70. The van der Waals surface area contributed by atoms with Crippen molar-refractivity contribution >= 4 is 10.9 Å². The Morgan fingerprint density at radius 3 is 2.71 bits per heavy atom. The normalized spacial score (nSPS) is 12.6. The zero-order valence-electron chi connectivity index (χ0n) is 8.36. The van der Waals surface area contributed by atoms with Gasteiger partial charge in [-0.15, -0.1) is 0 Å². The number of hydrogen-bond donors (Lipinski definition) is 0. The molecule has 0 saturated carbocycles. The Labute approximate surface area is 83.4 Å². The summed E-state index contributed by atoms with van der Waals surface area (Å²) < 4.78 is 2.09. The maximum absolute atomic E-state index is 8.87. The number of aromatic nitrogens is 1. The number of para-hydroxylation sites is 1. The highest BCUT2D eigenvalue weighted by atomic mass is 14.9. The van der Waals surface area contributed by atoms with Gasteiger partial charge in [-0.1, -0.05) is 18.2 Å². The minimum absolute atomic E-state index is 0.0487. The summed E-state index contributed by atoms with van der Waals surface area (Å²) in [5.41, 5.74) is 2.26. The smallest absolute Gasteiger partial charge is 0.0836 e. The van der Waals surface area contributed by atoms with Crippen LogP contribution in [0.15, 0.2) is 30.3 Å². The van der Waals surface area contributed by atoms with Gasteiger partial charge in [0.1, 0.15) is 0 Å². The molecule has 1 aromatic carbocycles. The summed E-state index contributed by atoms with van der Waals surface area (Å²) >= 11 is 0. The molecule has 70 valence electrons. The lowest BCUT2D eigenvalue weighted by atomic mass is 10.1. The van der Waals surface area contributed by atoms with Gasteiger partial charge in [-0.3, -0.25) is 0 Å². The van der Waals surface area contributed by atoms with E-state index in [1.54, 1.807) is 0 Å². The van der Waals surface area contributed by atoms with Gasteiger partial charge in [0.2, 0.25) is 0 Å². The van der Waals surface area contributed by atoms with Crippen molar-refractivity contribution in [1.82, 2.24) is 4.57 Å². The maximum atomic E-state index is 8.87. The zero-order chi connectivity index (χ0) is 10.1. The molecular formula is C12H12N2. The molecule has 0 saturated heterocycles. The van der Waals surface area contributed by atoms with Crippen molar-refractivity contribution in [2.24, 2.45) is 7.05 Å². The van der Waals surface area contributed by atoms with Crippen molar-refractivity contribution in [3.8, 4) is 6.07 Å². The van der Waals surface area contributed by atoms with Crippen molar-refractivity contribution in [1.29, 1.82) is 5.26 Å². The van der Waals surface area contributed by atoms with Crippen molar-refractivity contribution in [3.63, 3.8) is 0 Å². The molecule has 1 aromatic heterocycles. The molecule has 14 heavy (non-hydrogen) atoms. The summed E-state index contributed by atoms with van der Waals surface area (Å²) in [6, 6.07) is 12.5. The first-order valence-electron chi connectivity index (χ1n) is 4.68. The second kappa shape index (κ2) is 3.19. The molecule has 2 nitrogen and oxygen atoms in total. The van der Waals surface area contributed by atoms with Crippen molar-refractivity contribution in [2.75, 3.05) is 0 Å². The lowest BCUT2D eigenvalue weighted by molar-refractivity contribution is 0.814. The maximum Gasteiger partial charge on any atom is 0.0836 e. The van der Waals surface area contributed by atoms with E-state index >= 15 is 0 Å². The fourth-order valence-electron chi connectivity index (χ4n) is 1.79. The molecule has 0 aliphatic carbocycles. The molecule has 0 N–H and O–H groups in total. The van der Waals surface area contributed by atoms with Crippen molar-refractivity contribution in [3.05, 3.63) is 36.0 Å².